The van der Waals surface area contributed by atoms with Crippen molar-refractivity contribution in [3.63, 3.8) is 0 Å². The van der Waals surface area contributed by atoms with Gasteiger partial charge in [0, 0.05) is 21.4 Å². The zero-order chi connectivity index (χ0) is 18.0. The number of thioether (sulfide) groups is 1. The molecule has 3 aromatic rings. The minimum absolute atomic E-state index is 0.196. The van der Waals surface area contributed by atoms with Crippen LogP contribution in [0.2, 0.25) is 0 Å². The van der Waals surface area contributed by atoms with Crippen molar-refractivity contribution in [1.29, 1.82) is 0 Å². The van der Waals surface area contributed by atoms with Crippen molar-refractivity contribution in [3.05, 3.63) is 82.7 Å². The summed E-state index contributed by atoms with van der Waals surface area (Å²) in [6, 6.07) is 14.0. The summed E-state index contributed by atoms with van der Waals surface area (Å²) < 4.78 is 15.0. The van der Waals surface area contributed by atoms with E-state index >= 15 is 0 Å². The van der Waals surface area contributed by atoms with Gasteiger partial charge < -0.3 is 0 Å². The lowest BCUT2D eigenvalue weighted by Crippen LogP contribution is -1.99. The average molecular weight is 351 g/mol. The highest BCUT2D eigenvalue weighted by Crippen LogP contribution is 2.38. The van der Waals surface area contributed by atoms with Gasteiger partial charge in [-0.2, -0.15) is 5.10 Å². The second-order valence-corrected chi connectivity index (χ2v) is 7.25. The van der Waals surface area contributed by atoms with Crippen LogP contribution in [0.15, 0.2) is 53.4 Å². The van der Waals surface area contributed by atoms with Crippen LogP contribution in [0.3, 0.4) is 0 Å². The molecule has 0 N–H and O–H groups in total. The molecule has 2 aromatic carbocycles. The Morgan fingerprint density at radius 2 is 1.72 bits per heavy atom. The van der Waals surface area contributed by atoms with Gasteiger partial charge in [-0.1, -0.05) is 12.1 Å². The summed E-state index contributed by atoms with van der Waals surface area (Å²) in [4.78, 5) is 4.45. The summed E-state index contributed by atoms with van der Waals surface area (Å²) in [6.07, 6.45) is 0. The van der Waals surface area contributed by atoms with Crippen LogP contribution < -0.4 is 0 Å². The molecule has 0 aliphatic carbocycles. The molecule has 0 spiro atoms. The van der Waals surface area contributed by atoms with Gasteiger partial charge in [0.25, 0.3) is 0 Å². The maximum absolute atomic E-state index is 13.1. The van der Waals surface area contributed by atoms with Gasteiger partial charge in [0.15, 0.2) is 5.69 Å². The molecule has 1 heterocycles. The van der Waals surface area contributed by atoms with Crippen LogP contribution in [0.4, 0.5) is 10.1 Å². The highest BCUT2D eigenvalue weighted by molar-refractivity contribution is 7.99. The first-order valence-corrected chi connectivity index (χ1v) is 8.84. The molecule has 1 atom stereocenters. The van der Waals surface area contributed by atoms with Crippen LogP contribution in [0, 0.1) is 26.2 Å². The van der Waals surface area contributed by atoms with Crippen LogP contribution in [0.25, 0.3) is 10.5 Å². The minimum Gasteiger partial charge on any atom is -0.238 e. The molecule has 3 rings (SSSR count). The number of hydrogen-bond donors (Lipinski definition) is 0. The van der Waals surface area contributed by atoms with E-state index < -0.39 is 0 Å². The Labute approximate surface area is 151 Å². The highest BCUT2D eigenvalue weighted by atomic mass is 32.2. The molecule has 0 saturated carbocycles. The van der Waals surface area contributed by atoms with Crippen molar-refractivity contribution < 1.29 is 4.39 Å². The molecule has 25 heavy (non-hydrogen) atoms. The average Bonchev–Trinajstić information content (AvgIpc) is 2.91. The van der Waals surface area contributed by atoms with Crippen molar-refractivity contribution in [1.82, 2.24) is 9.78 Å². The largest absolute Gasteiger partial charge is 0.238 e. The Kier molecular flexibility index (Phi) is 4.91. The van der Waals surface area contributed by atoms with Gasteiger partial charge in [-0.25, -0.2) is 13.9 Å². The summed E-state index contributed by atoms with van der Waals surface area (Å²) in [5.74, 6) is -0.222. The predicted molar refractivity (Wildman–Crippen MR) is 100.0 cm³/mol. The highest BCUT2D eigenvalue weighted by Gasteiger charge is 2.19. The van der Waals surface area contributed by atoms with Gasteiger partial charge in [0.1, 0.15) is 5.82 Å². The number of hydrogen-bond acceptors (Lipinski definition) is 2. The molecule has 1 unspecified atom stereocenters. The van der Waals surface area contributed by atoms with Gasteiger partial charge in [-0.05, 0) is 57.2 Å². The van der Waals surface area contributed by atoms with Crippen molar-refractivity contribution in [2.45, 2.75) is 30.9 Å². The third kappa shape index (κ3) is 3.59. The number of halogens is 1. The molecule has 5 heteroatoms. The Balaban J connectivity index is 1.90. The number of aromatic nitrogens is 2. The molecule has 0 radical (unpaired) electrons. The first kappa shape index (κ1) is 17.2. The van der Waals surface area contributed by atoms with Crippen LogP contribution in [0.1, 0.15) is 29.1 Å². The lowest BCUT2D eigenvalue weighted by molar-refractivity contribution is 0.626. The standard InChI is InChI=1S/C20H18FN3S/c1-13-20(15(3)25-19-11-5-16(21)6-12-19)14(2)24(23-13)18-9-7-17(22-4)8-10-18/h5-12,15H,1-3H3. The number of rotatable bonds is 4. The maximum Gasteiger partial charge on any atom is 0.187 e. The van der Waals surface area contributed by atoms with E-state index in [-0.39, 0.29) is 11.1 Å². The molecular formula is C20H18FN3S. The lowest BCUT2D eigenvalue weighted by Gasteiger charge is -2.13. The molecule has 1 aromatic heterocycles. The first-order valence-electron chi connectivity index (χ1n) is 7.96. The molecule has 0 fully saturated rings. The van der Waals surface area contributed by atoms with Crippen molar-refractivity contribution >= 4 is 17.4 Å². The normalized spacial score (nSPS) is 12.0. The van der Waals surface area contributed by atoms with Crippen molar-refractivity contribution in [2.75, 3.05) is 0 Å². The molecule has 3 nitrogen and oxygen atoms in total. The topological polar surface area (TPSA) is 22.2 Å². The quantitative estimate of drug-likeness (QED) is 0.423. The molecular weight excluding hydrogens is 333 g/mol. The minimum atomic E-state index is -0.222. The van der Waals surface area contributed by atoms with Crippen molar-refractivity contribution in [3.8, 4) is 5.69 Å². The molecule has 126 valence electrons. The predicted octanol–water partition coefficient (Wildman–Crippen LogP) is 6.03. The van der Waals surface area contributed by atoms with E-state index in [9.17, 15) is 4.39 Å². The summed E-state index contributed by atoms with van der Waals surface area (Å²) >= 11 is 1.69. The summed E-state index contributed by atoms with van der Waals surface area (Å²) in [5.41, 5.74) is 4.80. The van der Waals surface area contributed by atoms with Crippen LogP contribution in [-0.2, 0) is 0 Å². The Hall–Kier alpha value is -2.58. The van der Waals surface area contributed by atoms with Crippen molar-refractivity contribution in [2.24, 2.45) is 0 Å². The summed E-state index contributed by atoms with van der Waals surface area (Å²) in [5, 5.41) is 4.87. The fourth-order valence-corrected chi connectivity index (χ4v) is 4.10. The molecule has 0 aliphatic rings. The molecule has 0 saturated heterocycles. The van der Waals surface area contributed by atoms with E-state index in [2.05, 4.69) is 23.8 Å². The van der Waals surface area contributed by atoms with E-state index in [0.29, 0.717) is 5.69 Å². The zero-order valence-electron chi connectivity index (χ0n) is 14.3. The second-order valence-electron chi connectivity index (χ2n) is 5.84. The first-order chi connectivity index (χ1) is 12.0. The van der Waals surface area contributed by atoms with E-state index in [4.69, 9.17) is 6.57 Å². The Morgan fingerprint density at radius 1 is 1.08 bits per heavy atom. The smallest absolute Gasteiger partial charge is 0.187 e. The monoisotopic (exact) mass is 351 g/mol. The third-order valence-corrected chi connectivity index (χ3v) is 5.24. The van der Waals surface area contributed by atoms with Crippen LogP contribution in [-0.4, -0.2) is 9.78 Å². The Bertz CT molecular complexity index is 921. The second kappa shape index (κ2) is 7.12. The Morgan fingerprint density at radius 3 is 2.32 bits per heavy atom. The van der Waals surface area contributed by atoms with E-state index in [1.807, 2.05) is 23.7 Å². The lowest BCUT2D eigenvalue weighted by atomic mass is 10.1. The SMILES string of the molecule is [C-]#[N+]c1ccc(-n2nc(C)c(C(C)Sc3ccc(F)cc3)c2C)cc1. The number of benzene rings is 2. The summed E-state index contributed by atoms with van der Waals surface area (Å²) in [6.45, 7) is 13.3. The summed E-state index contributed by atoms with van der Waals surface area (Å²) in [7, 11) is 0. The third-order valence-electron chi connectivity index (χ3n) is 4.10. The molecule has 0 amide bonds. The van der Waals surface area contributed by atoms with Gasteiger partial charge in [-0.3, -0.25) is 0 Å². The molecule has 0 aliphatic heterocycles. The number of nitrogens with zero attached hydrogens (tertiary/aromatic N) is 3. The van der Waals surface area contributed by atoms with Gasteiger partial charge >= 0.3 is 0 Å². The van der Waals surface area contributed by atoms with E-state index in [1.165, 1.54) is 17.7 Å². The zero-order valence-corrected chi connectivity index (χ0v) is 15.1. The van der Waals surface area contributed by atoms with Gasteiger partial charge in [0.2, 0.25) is 0 Å². The fraction of sp³-hybridized carbons (Fsp3) is 0.200. The van der Waals surface area contributed by atoms with Gasteiger partial charge in [-0.15, -0.1) is 11.8 Å². The molecule has 0 bridgehead atoms. The van der Waals surface area contributed by atoms with Crippen LogP contribution >= 0.6 is 11.8 Å². The van der Waals surface area contributed by atoms with E-state index in [1.54, 1.807) is 36.0 Å². The van der Waals surface area contributed by atoms with Crippen LogP contribution in [0.5, 0.6) is 0 Å². The van der Waals surface area contributed by atoms with Gasteiger partial charge in [0.05, 0.1) is 18.0 Å². The maximum atomic E-state index is 13.1. The number of aryl methyl sites for hydroxylation is 1. The fourth-order valence-electron chi connectivity index (χ4n) is 2.94. The van der Waals surface area contributed by atoms with E-state index in [0.717, 1.165) is 22.0 Å².